The van der Waals surface area contributed by atoms with E-state index in [1.807, 2.05) is 60.7 Å². The molecule has 8 heteroatoms. The van der Waals surface area contributed by atoms with Crippen LogP contribution in [-0.4, -0.2) is 43.3 Å². The van der Waals surface area contributed by atoms with Gasteiger partial charge >= 0.3 is 0 Å². The Balaban J connectivity index is 1.46. The molecule has 0 radical (unpaired) electrons. The molecule has 1 fully saturated rings. The third-order valence-electron chi connectivity index (χ3n) is 6.27. The first-order chi connectivity index (χ1) is 16.4. The van der Waals surface area contributed by atoms with Crippen molar-refractivity contribution in [3.8, 4) is 11.5 Å². The van der Waals surface area contributed by atoms with Gasteiger partial charge in [-0.1, -0.05) is 48.5 Å². The maximum atomic E-state index is 13.3. The van der Waals surface area contributed by atoms with E-state index in [1.54, 1.807) is 17.6 Å². The van der Waals surface area contributed by atoms with E-state index in [2.05, 4.69) is 4.90 Å². The molecule has 0 bridgehead atoms. The summed E-state index contributed by atoms with van der Waals surface area (Å²) in [6.07, 6.45) is 0.668. The predicted octanol–water partition coefficient (Wildman–Crippen LogP) is 4.04. The first kappa shape index (κ1) is 23.9. The Labute approximate surface area is 199 Å². The topological polar surface area (TPSA) is 95.9 Å². The van der Waals surface area contributed by atoms with E-state index in [0.717, 1.165) is 12.1 Å². The Morgan fingerprint density at radius 2 is 1.44 bits per heavy atom. The molecule has 1 saturated heterocycles. The first-order valence-electron chi connectivity index (χ1n) is 11.2. The third kappa shape index (κ3) is 5.64. The first-order valence-corrected chi connectivity index (χ1v) is 12.8. The Kier molecular flexibility index (Phi) is 7.31. The molecule has 1 aliphatic rings. The minimum Gasteiger partial charge on any atom is -0.457 e. The second-order valence-corrected chi connectivity index (χ2v) is 10.6. The number of ether oxygens (including phenoxy) is 1. The highest BCUT2D eigenvalue weighted by molar-refractivity contribution is 7.91. The highest BCUT2D eigenvalue weighted by Gasteiger charge is 2.45. The zero-order valence-corrected chi connectivity index (χ0v) is 19.6. The average Bonchev–Trinajstić information content (AvgIpc) is 2.86. The molecule has 0 aromatic heterocycles. The molecule has 3 aromatic rings. The number of rotatable bonds is 8. The normalized spacial score (nSPS) is 16.0. The van der Waals surface area contributed by atoms with Gasteiger partial charge in [0.15, 0.2) is 9.84 Å². The molecule has 1 aliphatic heterocycles. The molecule has 4 rings (SSSR count). The van der Waals surface area contributed by atoms with Crippen molar-refractivity contribution < 1.29 is 23.2 Å². The Morgan fingerprint density at radius 1 is 0.882 bits per heavy atom. The minimum absolute atomic E-state index is 0.116. The Morgan fingerprint density at radius 3 is 2.03 bits per heavy atom. The summed E-state index contributed by atoms with van der Waals surface area (Å²) in [6.45, 7) is 1.84. The molecule has 0 unspecified atom stereocenters. The summed E-state index contributed by atoms with van der Waals surface area (Å²) in [5.41, 5.74) is 1.67. The van der Waals surface area contributed by atoms with Crippen molar-refractivity contribution in [1.29, 1.82) is 0 Å². The van der Waals surface area contributed by atoms with Gasteiger partial charge < -0.3 is 4.74 Å². The summed E-state index contributed by atoms with van der Waals surface area (Å²) < 4.78 is 32.2. The van der Waals surface area contributed by atoms with Crippen LogP contribution in [0.25, 0.3) is 0 Å². The molecule has 7 nitrogen and oxygen atoms in total. The number of para-hydroxylation sites is 1. The van der Waals surface area contributed by atoms with Crippen LogP contribution < -0.4 is 10.2 Å². The van der Waals surface area contributed by atoms with Gasteiger partial charge in [-0.15, -0.1) is 0 Å². The SMILES string of the molecule is O=C(NO)C1(CS(=O)(=O)c2ccc(Oc3ccccc3)cc2)CCN(Cc2ccccc2)CC1. The highest BCUT2D eigenvalue weighted by Crippen LogP contribution is 2.36. The van der Waals surface area contributed by atoms with Crippen LogP contribution in [0.15, 0.2) is 89.8 Å². The molecule has 1 heterocycles. The molecule has 34 heavy (non-hydrogen) atoms. The molecule has 2 N–H and O–H groups in total. The number of benzene rings is 3. The number of hydrogen-bond acceptors (Lipinski definition) is 6. The standard InChI is InChI=1S/C26H28N2O5S/c29-25(27-30)26(15-17-28(18-16-26)19-21-7-3-1-4-8-21)20-34(31,32)24-13-11-23(12-14-24)33-22-9-5-2-6-10-22/h1-14,30H,15-20H2,(H,27,29). The van der Waals surface area contributed by atoms with Crippen molar-refractivity contribution in [3.05, 3.63) is 90.5 Å². The van der Waals surface area contributed by atoms with Crippen molar-refractivity contribution >= 4 is 15.7 Å². The predicted molar refractivity (Wildman–Crippen MR) is 128 cm³/mol. The van der Waals surface area contributed by atoms with Gasteiger partial charge in [-0.05, 0) is 67.9 Å². The van der Waals surface area contributed by atoms with Gasteiger partial charge in [-0.3, -0.25) is 14.9 Å². The van der Waals surface area contributed by atoms with Crippen molar-refractivity contribution in [2.75, 3.05) is 18.8 Å². The number of hydroxylamine groups is 1. The smallest absolute Gasteiger partial charge is 0.250 e. The van der Waals surface area contributed by atoms with Crippen LogP contribution in [0.1, 0.15) is 18.4 Å². The zero-order chi connectivity index (χ0) is 24.0. The summed E-state index contributed by atoms with van der Waals surface area (Å²) in [5, 5.41) is 9.37. The van der Waals surface area contributed by atoms with E-state index in [4.69, 9.17) is 4.74 Å². The fourth-order valence-corrected chi connectivity index (χ4v) is 6.19. The Hall–Kier alpha value is -3.20. The number of sulfone groups is 1. The number of hydrogen-bond donors (Lipinski definition) is 2. The lowest BCUT2D eigenvalue weighted by atomic mass is 9.79. The largest absolute Gasteiger partial charge is 0.457 e. The molecule has 0 saturated carbocycles. The minimum atomic E-state index is -3.79. The summed E-state index contributed by atoms with van der Waals surface area (Å²) in [4.78, 5) is 15.0. The number of carbonyl (C=O) groups excluding carboxylic acids is 1. The summed E-state index contributed by atoms with van der Waals surface area (Å²) >= 11 is 0. The maximum absolute atomic E-state index is 13.3. The van der Waals surface area contributed by atoms with Gasteiger partial charge in [0.25, 0.3) is 5.91 Å². The molecule has 0 atom stereocenters. The molecular weight excluding hydrogens is 452 g/mol. The number of nitrogens with zero attached hydrogens (tertiary/aromatic N) is 1. The fraction of sp³-hybridized carbons (Fsp3) is 0.269. The molecular formula is C26H28N2O5S. The maximum Gasteiger partial charge on any atom is 0.250 e. The van der Waals surface area contributed by atoms with Gasteiger partial charge in [0.1, 0.15) is 11.5 Å². The van der Waals surface area contributed by atoms with Crippen LogP contribution in [0.2, 0.25) is 0 Å². The lowest BCUT2D eigenvalue weighted by Crippen LogP contribution is -2.51. The van der Waals surface area contributed by atoms with Crippen molar-refractivity contribution in [1.82, 2.24) is 10.4 Å². The van der Waals surface area contributed by atoms with Crippen LogP contribution in [0.3, 0.4) is 0 Å². The van der Waals surface area contributed by atoms with Crippen LogP contribution in [0.5, 0.6) is 11.5 Å². The summed E-state index contributed by atoms with van der Waals surface area (Å²) in [5.74, 6) is 0.144. The van der Waals surface area contributed by atoms with E-state index < -0.39 is 21.2 Å². The van der Waals surface area contributed by atoms with E-state index in [-0.39, 0.29) is 10.6 Å². The second-order valence-electron chi connectivity index (χ2n) is 8.63. The quantitative estimate of drug-likeness (QED) is 0.373. The highest BCUT2D eigenvalue weighted by atomic mass is 32.2. The fourth-order valence-electron chi connectivity index (χ4n) is 4.32. The van der Waals surface area contributed by atoms with Crippen LogP contribution >= 0.6 is 0 Å². The van der Waals surface area contributed by atoms with Crippen molar-refractivity contribution in [3.63, 3.8) is 0 Å². The lowest BCUT2D eigenvalue weighted by Gasteiger charge is -2.39. The van der Waals surface area contributed by atoms with Crippen LogP contribution in [-0.2, 0) is 21.2 Å². The van der Waals surface area contributed by atoms with E-state index >= 15 is 0 Å². The van der Waals surface area contributed by atoms with Gasteiger partial charge in [0.05, 0.1) is 16.1 Å². The number of carbonyl (C=O) groups is 1. The molecule has 178 valence electrons. The van der Waals surface area contributed by atoms with Crippen molar-refractivity contribution in [2.45, 2.75) is 24.3 Å². The van der Waals surface area contributed by atoms with Crippen LogP contribution in [0, 0.1) is 5.41 Å². The van der Waals surface area contributed by atoms with E-state index in [0.29, 0.717) is 37.4 Å². The summed E-state index contributed by atoms with van der Waals surface area (Å²) in [7, 11) is -3.79. The zero-order valence-electron chi connectivity index (χ0n) is 18.8. The molecule has 0 spiro atoms. The molecule has 3 aromatic carbocycles. The lowest BCUT2D eigenvalue weighted by molar-refractivity contribution is -0.141. The average molecular weight is 481 g/mol. The molecule has 0 aliphatic carbocycles. The number of piperidine rings is 1. The number of nitrogens with one attached hydrogen (secondary N) is 1. The van der Waals surface area contributed by atoms with Gasteiger partial charge in [0.2, 0.25) is 0 Å². The van der Waals surface area contributed by atoms with Crippen molar-refractivity contribution in [2.24, 2.45) is 5.41 Å². The second kappa shape index (κ2) is 10.4. The molecule has 1 amide bonds. The van der Waals surface area contributed by atoms with Crippen LogP contribution in [0.4, 0.5) is 0 Å². The van der Waals surface area contributed by atoms with Gasteiger partial charge in [0, 0.05) is 6.54 Å². The van der Waals surface area contributed by atoms with Gasteiger partial charge in [-0.2, -0.15) is 0 Å². The third-order valence-corrected chi connectivity index (χ3v) is 8.20. The summed E-state index contributed by atoms with van der Waals surface area (Å²) in [6, 6.07) is 25.4. The van der Waals surface area contributed by atoms with Gasteiger partial charge in [-0.25, -0.2) is 13.9 Å². The number of amides is 1. The monoisotopic (exact) mass is 480 g/mol. The van der Waals surface area contributed by atoms with E-state index in [9.17, 15) is 18.4 Å². The number of likely N-dealkylation sites (tertiary alicyclic amines) is 1. The van der Waals surface area contributed by atoms with E-state index in [1.165, 1.54) is 12.1 Å². The Bertz CT molecular complexity index is 1190.